The smallest absolute Gasteiger partial charge is 0.0860 e. The van der Waals surface area contributed by atoms with E-state index in [9.17, 15) is 10.2 Å². The first-order chi connectivity index (χ1) is 6.79. The maximum Gasteiger partial charge on any atom is 0.0860 e. The van der Waals surface area contributed by atoms with E-state index in [4.69, 9.17) is 4.74 Å². The molecule has 0 radical (unpaired) electrons. The summed E-state index contributed by atoms with van der Waals surface area (Å²) < 4.78 is 5.88. The highest BCUT2D eigenvalue weighted by Crippen LogP contribution is 2.38. The largest absolute Gasteiger partial charge is 0.394 e. The SMILES string of the molecule is CC1C(CO)OC(C(C)(C)C)C(C)C1O. The molecule has 15 heavy (non-hydrogen) atoms. The predicted octanol–water partition coefficient (Wildman–Crippen LogP) is 1.43. The lowest BCUT2D eigenvalue weighted by atomic mass is 9.74. The van der Waals surface area contributed by atoms with Gasteiger partial charge in [0, 0.05) is 11.8 Å². The van der Waals surface area contributed by atoms with Crippen molar-refractivity contribution in [1.82, 2.24) is 0 Å². The first-order valence-electron chi connectivity index (χ1n) is 5.73. The monoisotopic (exact) mass is 216 g/mol. The van der Waals surface area contributed by atoms with Crippen molar-refractivity contribution in [3.8, 4) is 0 Å². The number of aliphatic hydroxyl groups is 2. The molecule has 1 aliphatic heterocycles. The van der Waals surface area contributed by atoms with E-state index in [0.29, 0.717) is 0 Å². The fourth-order valence-corrected chi connectivity index (χ4v) is 2.52. The Morgan fingerprint density at radius 2 is 1.67 bits per heavy atom. The van der Waals surface area contributed by atoms with E-state index in [1.54, 1.807) is 0 Å². The van der Waals surface area contributed by atoms with Crippen LogP contribution in [0.3, 0.4) is 0 Å². The molecule has 5 atom stereocenters. The maximum atomic E-state index is 10.1. The normalized spacial score (nSPS) is 43.0. The Hall–Kier alpha value is -0.120. The number of rotatable bonds is 1. The highest BCUT2D eigenvalue weighted by Gasteiger charge is 2.44. The van der Waals surface area contributed by atoms with Gasteiger partial charge in [-0.05, 0) is 5.41 Å². The molecule has 1 rings (SSSR count). The molecule has 0 aromatic rings. The van der Waals surface area contributed by atoms with Crippen LogP contribution < -0.4 is 0 Å². The van der Waals surface area contributed by atoms with Crippen LogP contribution in [0.15, 0.2) is 0 Å². The third kappa shape index (κ3) is 2.52. The minimum atomic E-state index is -0.389. The zero-order valence-electron chi connectivity index (χ0n) is 10.4. The van der Waals surface area contributed by atoms with Gasteiger partial charge in [0.2, 0.25) is 0 Å². The highest BCUT2D eigenvalue weighted by molar-refractivity contribution is 4.92. The summed E-state index contributed by atoms with van der Waals surface area (Å²) in [7, 11) is 0. The van der Waals surface area contributed by atoms with Crippen LogP contribution in [0.4, 0.5) is 0 Å². The average Bonchev–Trinajstić information content (AvgIpc) is 2.13. The summed E-state index contributed by atoms with van der Waals surface area (Å²) in [4.78, 5) is 0. The molecule has 3 nitrogen and oxygen atoms in total. The maximum absolute atomic E-state index is 10.1. The van der Waals surface area contributed by atoms with Gasteiger partial charge in [0.25, 0.3) is 0 Å². The summed E-state index contributed by atoms with van der Waals surface area (Å²) in [6, 6.07) is 0. The predicted molar refractivity (Wildman–Crippen MR) is 59.5 cm³/mol. The third-order valence-corrected chi connectivity index (χ3v) is 3.50. The second-order valence-electron chi connectivity index (χ2n) is 5.85. The number of hydrogen-bond acceptors (Lipinski definition) is 3. The van der Waals surface area contributed by atoms with E-state index in [1.807, 2.05) is 13.8 Å². The van der Waals surface area contributed by atoms with Crippen LogP contribution in [0, 0.1) is 17.3 Å². The Morgan fingerprint density at radius 1 is 1.13 bits per heavy atom. The van der Waals surface area contributed by atoms with Gasteiger partial charge in [0.05, 0.1) is 24.9 Å². The van der Waals surface area contributed by atoms with Crippen LogP contribution in [0.5, 0.6) is 0 Å². The lowest BCUT2D eigenvalue weighted by molar-refractivity contribution is -0.203. The van der Waals surface area contributed by atoms with Gasteiger partial charge in [0.1, 0.15) is 0 Å². The lowest BCUT2D eigenvalue weighted by Crippen LogP contribution is -2.54. The summed E-state index contributed by atoms with van der Waals surface area (Å²) >= 11 is 0. The molecule has 1 heterocycles. The van der Waals surface area contributed by atoms with Crippen molar-refractivity contribution in [2.24, 2.45) is 17.3 Å². The summed E-state index contributed by atoms with van der Waals surface area (Å²) in [5.74, 6) is 0.117. The summed E-state index contributed by atoms with van der Waals surface area (Å²) in [6.45, 7) is 10.2. The molecule has 2 N–H and O–H groups in total. The third-order valence-electron chi connectivity index (χ3n) is 3.50. The number of hydrogen-bond donors (Lipinski definition) is 2. The molecule has 0 aliphatic carbocycles. The van der Waals surface area contributed by atoms with E-state index in [0.717, 1.165) is 0 Å². The molecular weight excluding hydrogens is 192 g/mol. The Kier molecular flexibility index (Phi) is 3.80. The minimum Gasteiger partial charge on any atom is -0.394 e. The molecule has 3 heteroatoms. The molecule has 1 saturated heterocycles. The van der Waals surface area contributed by atoms with Crippen LogP contribution >= 0.6 is 0 Å². The number of aliphatic hydroxyl groups excluding tert-OH is 2. The Morgan fingerprint density at radius 3 is 2.07 bits per heavy atom. The van der Waals surface area contributed by atoms with Crippen LogP contribution in [0.2, 0.25) is 0 Å². The fraction of sp³-hybridized carbons (Fsp3) is 1.00. The van der Waals surface area contributed by atoms with Crippen molar-refractivity contribution in [3.63, 3.8) is 0 Å². The van der Waals surface area contributed by atoms with Crippen molar-refractivity contribution >= 4 is 0 Å². The zero-order valence-corrected chi connectivity index (χ0v) is 10.4. The van der Waals surface area contributed by atoms with Crippen molar-refractivity contribution < 1.29 is 14.9 Å². The van der Waals surface area contributed by atoms with Crippen molar-refractivity contribution in [1.29, 1.82) is 0 Å². The molecular formula is C12H24O3. The highest BCUT2D eigenvalue weighted by atomic mass is 16.5. The second-order valence-corrected chi connectivity index (χ2v) is 5.85. The molecule has 5 unspecified atom stereocenters. The van der Waals surface area contributed by atoms with Crippen molar-refractivity contribution in [2.75, 3.05) is 6.61 Å². The molecule has 90 valence electrons. The lowest BCUT2D eigenvalue weighted by Gasteiger charge is -2.47. The Labute approximate surface area is 92.4 Å². The van der Waals surface area contributed by atoms with Gasteiger partial charge in [-0.3, -0.25) is 0 Å². The van der Waals surface area contributed by atoms with Gasteiger partial charge < -0.3 is 14.9 Å². The van der Waals surface area contributed by atoms with E-state index >= 15 is 0 Å². The van der Waals surface area contributed by atoms with Crippen LogP contribution in [-0.4, -0.2) is 35.1 Å². The second kappa shape index (κ2) is 4.40. The average molecular weight is 216 g/mol. The first-order valence-corrected chi connectivity index (χ1v) is 5.73. The molecule has 0 bridgehead atoms. The van der Waals surface area contributed by atoms with Gasteiger partial charge >= 0.3 is 0 Å². The van der Waals surface area contributed by atoms with Crippen molar-refractivity contribution in [2.45, 2.75) is 52.9 Å². The minimum absolute atomic E-state index is 0.000787. The molecule has 0 aromatic heterocycles. The quantitative estimate of drug-likeness (QED) is 0.697. The Balaban J connectivity index is 2.83. The molecule has 0 aromatic carbocycles. The molecule has 0 amide bonds. The zero-order chi connectivity index (χ0) is 11.8. The topological polar surface area (TPSA) is 49.7 Å². The first kappa shape index (κ1) is 12.9. The van der Waals surface area contributed by atoms with Gasteiger partial charge in [-0.15, -0.1) is 0 Å². The van der Waals surface area contributed by atoms with Gasteiger partial charge in [-0.1, -0.05) is 34.6 Å². The summed E-state index contributed by atoms with van der Waals surface area (Å²) in [6.07, 6.45) is -0.624. The molecule has 0 saturated carbocycles. The van der Waals surface area contributed by atoms with Crippen LogP contribution in [0.1, 0.15) is 34.6 Å². The molecule has 0 spiro atoms. The molecule has 1 aliphatic rings. The van der Waals surface area contributed by atoms with Gasteiger partial charge in [-0.2, -0.15) is 0 Å². The number of ether oxygens (including phenoxy) is 1. The van der Waals surface area contributed by atoms with E-state index in [-0.39, 0.29) is 42.2 Å². The van der Waals surface area contributed by atoms with Crippen LogP contribution in [0.25, 0.3) is 0 Å². The van der Waals surface area contributed by atoms with E-state index in [2.05, 4.69) is 20.8 Å². The Bertz CT molecular complexity index is 207. The molecule has 1 fully saturated rings. The van der Waals surface area contributed by atoms with Crippen LogP contribution in [-0.2, 0) is 4.74 Å². The fourth-order valence-electron chi connectivity index (χ4n) is 2.52. The van der Waals surface area contributed by atoms with Crippen molar-refractivity contribution in [3.05, 3.63) is 0 Å². The van der Waals surface area contributed by atoms with E-state index in [1.165, 1.54) is 0 Å². The van der Waals surface area contributed by atoms with Gasteiger partial charge in [0.15, 0.2) is 0 Å². The van der Waals surface area contributed by atoms with Gasteiger partial charge in [-0.25, -0.2) is 0 Å². The summed E-state index contributed by atoms with van der Waals surface area (Å²) in [5.41, 5.74) is -0.00600. The summed E-state index contributed by atoms with van der Waals surface area (Å²) in [5, 5.41) is 19.3. The van der Waals surface area contributed by atoms with E-state index < -0.39 is 0 Å². The standard InChI is InChI=1S/C12H24O3/c1-7-9(6-13)15-11(12(3,4)5)8(2)10(7)14/h7-11,13-14H,6H2,1-5H3.